The minimum atomic E-state index is -0.179. The van der Waals surface area contributed by atoms with Crippen LogP contribution in [0.3, 0.4) is 0 Å². The van der Waals surface area contributed by atoms with Crippen LogP contribution >= 0.6 is 0 Å². The van der Waals surface area contributed by atoms with Crippen LogP contribution in [0.15, 0.2) is 24.4 Å². The molecule has 3 unspecified atom stereocenters. The molecule has 140 valence electrons. The molecule has 3 atom stereocenters. The van der Waals surface area contributed by atoms with Gasteiger partial charge in [0.2, 0.25) is 0 Å². The number of carbonyl (C=O) groups is 1. The molecule has 1 fully saturated rings. The van der Waals surface area contributed by atoms with E-state index < -0.39 is 0 Å². The number of hydrogen-bond acceptors (Lipinski definition) is 4. The van der Waals surface area contributed by atoms with Gasteiger partial charge in [0.05, 0.1) is 12.5 Å². The number of carbonyl (C=O) groups excluding carboxylic acids is 1. The summed E-state index contributed by atoms with van der Waals surface area (Å²) in [5.41, 5.74) is 4.11. The fraction of sp³-hybridized carbons (Fsp3) is 0.571. The van der Waals surface area contributed by atoms with Gasteiger partial charge in [-0.25, -0.2) is 0 Å². The first-order valence-corrected chi connectivity index (χ1v) is 9.61. The summed E-state index contributed by atoms with van der Waals surface area (Å²) >= 11 is 0. The molecule has 1 aliphatic carbocycles. The highest BCUT2D eigenvalue weighted by Gasteiger charge is 2.42. The second-order valence-electron chi connectivity index (χ2n) is 8.04. The van der Waals surface area contributed by atoms with E-state index in [-0.39, 0.29) is 25.1 Å². The zero-order valence-corrected chi connectivity index (χ0v) is 15.8. The van der Waals surface area contributed by atoms with Crippen molar-refractivity contribution in [2.45, 2.75) is 44.7 Å². The lowest BCUT2D eigenvalue weighted by Crippen LogP contribution is -2.49. The van der Waals surface area contributed by atoms with Crippen LogP contribution in [0.5, 0.6) is 0 Å². The molecule has 2 aromatic rings. The van der Waals surface area contributed by atoms with Crippen molar-refractivity contribution in [3.63, 3.8) is 0 Å². The second-order valence-corrected chi connectivity index (χ2v) is 8.04. The topological polar surface area (TPSA) is 54.7 Å². The van der Waals surface area contributed by atoms with Gasteiger partial charge in [0.25, 0.3) is 0 Å². The van der Waals surface area contributed by atoms with E-state index in [0.29, 0.717) is 18.0 Å². The van der Waals surface area contributed by atoms with Gasteiger partial charge in [-0.2, -0.15) is 0 Å². The number of benzene rings is 1. The monoisotopic (exact) mass is 356 g/mol. The van der Waals surface area contributed by atoms with Gasteiger partial charge >= 0.3 is 5.97 Å². The Morgan fingerprint density at radius 1 is 1.38 bits per heavy atom. The van der Waals surface area contributed by atoms with E-state index in [1.807, 2.05) is 0 Å². The SMILES string of the molecule is CC(C)n1cc2c3c(cccc31)C1CC(C(=O)OCCO)CN(C)C1C2. The Morgan fingerprint density at radius 3 is 2.92 bits per heavy atom. The number of aliphatic hydroxyl groups excluding tert-OH is 1. The van der Waals surface area contributed by atoms with Crippen LogP contribution in [0.1, 0.15) is 43.4 Å². The summed E-state index contributed by atoms with van der Waals surface area (Å²) in [5, 5.41) is 10.3. The largest absolute Gasteiger partial charge is 0.463 e. The lowest BCUT2D eigenvalue weighted by molar-refractivity contribution is -0.152. The molecule has 2 aliphatic rings. The number of esters is 1. The summed E-state index contributed by atoms with van der Waals surface area (Å²) in [4.78, 5) is 14.7. The first-order valence-electron chi connectivity index (χ1n) is 9.61. The van der Waals surface area contributed by atoms with Gasteiger partial charge < -0.3 is 19.3 Å². The Bertz CT molecular complexity index is 826. The number of hydrogen-bond donors (Lipinski definition) is 1. The summed E-state index contributed by atoms with van der Waals surface area (Å²) < 4.78 is 7.59. The number of ether oxygens (including phenoxy) is 1. The van der Waals surface area contributed by atoms with Crippen LogP contribution in [0.25, 0.3) is 10.9 Å². The third-order valence-electron chi connectivity index (χ3n) is 6.10. The molecule has 0 spiro atoms. The van der Waals surface area contributed by atoms with Crippen LogP contribution in [-0.2, 0) is 16.0 Å². The number of piperidine rings is 1. The molecule has 2 heterocycles. The molecule has 0 bridgehead atoms. The van der Waals surface area contributed by atoms with Crippen molar-refractivity contribution in [3.05, 3.63) is 35.5 Å². The Hall–Kier alpha value is -1.85. The minimum absolute atomic E-state index is 0.0874. The van der Waals surface area contributed by atoms with E-state index in [0.717, 1.165) is 19.4 Å². The molecule has 1 aromatic heterocycles. The normalized spacial score (nSPS) is 25.5. The quantitative estimate of drug-likeness (QED) is 0.856. The number of likely N-dealkylation sites (tertiary alicyclic amines) is 1. The first kappa shape index (κ1) is 17.6. The van der Waals surface area contributed by atoms with E-state index in [9.17, 15) is 4.79 Å². The maximum absolute atomic E-state index is 12.4. The summed E-state index contributed by atoms with van der Waals surface area (Å²) in [6, 6.07) is 7.46. The summed E-state index contributed by atoms with van der Waals surface area (Å²) in [7, 11) is 2.12. The molecule has 1 aromatic carbocycles. The van der Waals surface area contributed by atoms with E-state index in [4.69, 9.17) is 9.84 Å². The van der Waals surface area contributed by atoms with Crippen molar-refractivity contribution in [2.75, 3.05) is 26.8 Å². The fourth-order valence-corrected chi connectivity index (χ4v) is 4.94. The maximum Gasteiger partial charge on any atom is 0.310 e. The molecule has 5 heteroatoms. The van der Waals surface area contributed by atoms with Gasteiger partial charge in [-0.15, -0.1) is 0 Å². The van der Waals surface area contributed by atoms with Crippen molar-refractivity contribution in [2.24, 2.45) is 5.92 Å². The van der Waals surface area contributed by atoms with Gasteiger partial charge in [0.15, 0.2) is 0 Å². The summed E-state index contributed by atoms with van der Waals surface area (Å²) in [6.07, 6.45) is 4.18. The summed E-state index contributed by atoms with van der Waals surface area (Å²) in [5.74, 6) is 0.0403. The number of fused-ring (bicyclic) bond motifs is 2. The van der Waals surface area contributed by atoms with Gasteiger partial charge in [0.1, 0.15) is 6.61 Å². The molecule has 0 saturated carbocycles. The fourth-order valence-electron chi connectivity index (χ4n) is 4.94. The Kier molecular flexibility index (Phi) is 4.53. The first-order chi connectivity index (χ1) is 12.5. The number of aromatic nitrogens is 1. The van der Waals surface area contributed by atoms with Crippen LogP contribution in [0.2, 0.25) is 0 Å². The molecular formula is C21H28N2O3. The van der Waals surface area contributed by atoms with Gasteiger partial charge in [-0.1, -0.05) is 12.1 Å². The highest BCUT2D eigenvalue weighted by Crippen LogP contribution is 2.45. The lowest BCUT2D eigenvalue weighted by atomic mass is 9.72. The number of aliphatic hydroxyl groups is 1. The molecule has 4 rings (SSSR count). The van der Waals surface area contributed by atoms with Crippen molar-refractivity contribution in [3.8, 4) is 0 Å². The predicted octanol–water partition coefficient (Wildman–Crippen LogP) is 2.72. The van der Waals surface area contributed by atoms with Crippen molar-refractivity contribution in [1.82, 2.24) is 9.47 Å². The smallest absolute Gasteiger partial charge is 0.310 e. The molecule has 5 nitrogen and oxygen atoms in total. The van der Waals surface area contributed by atoms with E-state index in [2.05, 4.69) is 54.8 Å². The van der Waals surface area contributed by atoms with Crippen molar-refractivity contribution in [1.29, 1.82) is 0 Å². The van der Waals surface area contributed by atoms with E-state index >= 15 is 0 Å². The van der Waals surface area contributed by atoms with Gasteiger partial charge in [0, 0.05) is 41.6 Å². The zero-order valence-electron chi connectivity index (χ0n) is 15.8. The Labute approximate surface area is 154 Å². The third-order valence-corrected chi connectivity index (χ3v) is 6.10. The zero-order chi connectivity index (χ0) is 18.4. The molecule has 1 N–H and O–H groups in total. The van der Waals surface area contributed by atoms with Crippen LogP contribution in [0.4, 0.5) is 0 Å². The van der Waals surface area contributed by atoms with E-state index in [1.54, 1.807) is 0 Å². The molecular weight excluding hydrogens is 328 g/mol. The average Bonchev–Trinajstić information content (AvgIpc) is 3.01. The van der Waals surface area contributed by atoms with Crippen LogP contribution in [0, 0.1) is 5.92 Å². The summed E-state index contributed by atoms with van der Waals surface area (Å²) in [6.45, 7) is 5.14. The van der Waals surface area contributed by atoms with Crippen LogP contribution in [-0.4, -0.2) is 53.4 Å². The molecule has 26 heavy (non-hydrogen) atoms. The van der Waals surface area contributed by atoms with Gasteiger partial charge in [-0.3, -0.25) is 4.79 Å². The van der Waals surface area contributed by atoms with E-state index in [1.165, 1.54) is 22.0 Å². The van der Waals surface area contributed by atoms with Crippen molar-refractivity contribution >= 4 is 16.9 Å². The third kappa shape index (κ3) is 2.74. The van der Waals surface area contributed by atoms with Crippen LogP contribution < -0.4 is 0 Å². The Balaban J connectivity index is 1.72. The average molecular weight is 356 g/mol. The standard InChI is InChI=1S/C21H28N2O3/c1-13(2)23-12-14-10-19-17(16-5-4-6-18(23)20(14)16)9-15(11-22(19)3)21(25)26-8-7-24/h4-6,12-13,15,17,19,24H,7-11H2,1-3H3. The molecule has 0 amide bonds. The molecule has 0 radical (unpaired) electrons. The molecule has 1 saturated heterocycles. The number of nitrogens with zero attached hydrogens (tertiary/aromatic N) is 2. The molecule has 1 aliphatic heterocycles. The second kappa shape index (κ2) is 6.71. The lowest BCUT2D eigenvalue weighted by Gasteiger charge is -2.44. The maximum atomic E-state index is 12.4. The number of likely N-dealkylation sites (N-methyl/N-ethyl adjacent to an activating group) is 1. The number of rotatable bonds is 4. The predicted molar refractivity (Wildman–Crippen MR) is 101 cm³/mol. The minimum Gasteiger partial charge on any atom is -0.463 e. The van der Waals surface area contributed by atoms with Crippen molar-refractivity contribution < 1.29 is 14.6 Å². The van der Waals surface area contributed by atoms with Gasteiger partial charge in [-0.05, 0) is 50.9 Å². The highest BCUT2D eigenvalue weighted by molar-refractivity contribution is 5.89. The highest BCUT2D eigenvalue weighted by atomic mass is 16.5. The Morgan fingerprint density at radius 2 is 2.19 bits per heavy atom.